The fraction of sp³-hybridized carbons (Fsp3) is 1.00. The number of piperidine rings is 2. The summed E-state index contributed by atoms with van der Waals surface area (Å²) in [6, 6.07) is 2.31. The molecule has 97 heavy (non-hydrogen) atoms. The Hall–Kier alpha value is -0.570. The highest BCUT2D eigenvalue weighted by Gasteiger charge is 2.32. The number of likely N-dealkylation sites (tertiary alicyclic amines) is 3. The monoisotopic (exact) mass is 1400 g/mol. The van der Waals surface area contributed by atoms with Crippen LogP contribution in [0.1, 0.15) is 375 Å². The highest BCUT2D eigenvalue weighted by molar-refractivity contribution is 4.85. The van der Waals surface area contributed by atoms with Gasteiger partial charge >= 0.3 is 6.18 Å². The molecule has 0 radical (unpaired) electrons. The van der Waals surface area contributed by atoms with E-state index in [1.54, 1.807) is 28.1 Å². The fourth-order valence-electron chi connectivity index (χ4n) is 12.7. The zero-order valence-corrected chi connectivity index (χ0v) is 71.9. The van der Waals surface area contributed by atoms with Crippen molar-refractivity contribution >= 4 is 0 Å². The van der Waals surface area contributed by atoms with Crippen LogP contribution in [0, 0.1) is 47.3 Å². The zero-order chi connectivity index (χ0) is 76.2. The van der Waals surface area contributed by atoms with Gasteiger partial charge in [0.2, 0.25) is 0 Å². The normalized spacial score (nSPS) is 18.5. The first-order valence-electron chi connectivity index (χ1n) is 40.7. The summed E-state index contributed by atoms with van der Waals surface area (Å²) < 4.78 is 59.5. The van der Waals surface area contributed by atoms with Crippen LogP contribution in [0.5, 0.6) is 0 Å². The molecule has 0 aromatic carbocycles. The van der Waals surface area contributed by atoms with Crippen LogP contribution in [0.15, 0.2) is 0 Å². The molecular formula is C85H180F3N3O6. The van der Waals surface area contributed by atoms with Crippen molar-refractivity contribution in [3.05, 3.63) is 0 Å². The van der Waals surface area contributed by atoms with E-state index in [9.17, 15) is 18.3 Å². The third kappa shape index (κ3) is 68.3. The Bertz CT molecular complexity index is 1530. The van der Waals surface area contributed by atoms with Gasteiger partial charge in [-0.2, -0.15) is 13.2 Å². The Kier molecular flexibility index (Phi) is 65.7. The van der Waals surface area contributed by atoms with Crippen molar-refractivity contribution < 1.29 is 42.0 Å². The molecule has 0 amide bonds. The van der Waals surface area contributed by atoms with Crippen LogP contribution in [0.2, 0.25) is 0 Å². The number of aliphatic hydroxyl groups is 1. The van der Waals surface area contributed by atoms with Crippen molar-refractivity contribution in [1.82, 2.24) is 14.7 Å². The number of rotatable bonds is 19. The van der Waals surface area contributed by atoms with Crippen LogP contribution in [-0.4, -0.2) is 152 Å². The second-order valence-corrected chi connectivity index (χ2v) is 34.9. The molecule has 0 atom stereocenters. The molecule has 0 aromatic heterocycles. The van der Waals surface area contributed by atoms with Gasteiger partial charge in [-0.05, 0) is 275 Å². The van der Waals surface area contributed by atoms with Crippen LogP contribution in [0.3, 0.4) is 0 Å². The summed E-state index contributed by atoms with van der Waals surface area (Å²) in [6.07, 6.45) is 30.6. The number of hydrogen-bond donors (Lipinski definition) is 1. The molecule has 6 fully saturated rings. The van der Waals surface area contributed by atoms with Crippen molar-refractivity contribution in [2.24, 2.45) is 47.3 Å². The molecule has 3 aliphatic carbocycles. The minimum atomic E-state index is -4.19. The Morgan fingerprint density at radius 2 is 0.711 bits per heavy atom. The van der Waals surface area contributed by atoms with Gasteiger partial charge in [-0.25, -0.2) is 0 Å². The van der Waals surface area contributed by atoms with Gasteiger partial charge in [-0.1, -0.05) is 186 Å². The Morgan fingerprint density at radius 3 is 0.866 bits per heavy atom. The third-order valence-corrected chi connectivity index (χ3v) is 20.0. The lowest BCUT2D eigenvalue weighted by Crippen LogP contribution is -2.36. The van der Waals surface area contributed by atoms with Crippen LogP contribution in [-0.2, 0) is 23.7 Å². The van der Waals surface area contributed by atoms with Gasteiger partial charge in [0.1, 0.15) is 6.61 Å². The van der Waals surface area contributed by atoms with Crippen LogP contribution in [0.25, 0.3) is 0 Å². The van der Waals surface area contributed by atoms with E-state index in [1.165, 1.54) is 181 Å². The molecule has 592 valence electrons. The van der Waals surface area contributed by atoms with Crippen molar-refractivity contribution in [3.63, 3.8) is 0 Å². The van der Waals surface area contributed by atoms with Gasteiger partial charge in [0, 0.05) is 32.3 Å². The maximum atomic E-state index is 11.3. The van der Waals surface area contributed by atoms with Crippen LogP contribution in [0.4, 0.5) is 13.2 Å². The first-order valence-corrected chi connectivity index (χ1v) is 40.7. The van der Waals surface area contributed by atoms with Gasteiger partial charge in [-0.3, -0.25) is 0 Å². The van der Waals surface area contributed by atoms with Crippen molar-refractivity contribution in [2.75, 3.05) is 66.7 Å². The summed E-state index contributed by atoms with van der Waals surface area (Å²) in [6.45, 7) is 74.1. The summed E-state index contributed by atoms with van der Waals surface area (Å²) >= 11 is 0. The third-order valence-electron chi connectivity index (χ3n) is 20.0. The molecule has 9 nitrogen and oxygen atoms in total. The van der Waals surface area contributed by atoms with Gasteiger partial charge in [0.15, 0.2) is 0 Å². The number of hydrogen-bond acceptors (Lipinski definition) is 9. The summed E-state index contributed by atoms with van der Waals surface area (Å²) in [7, 11) is 3.44. The molecule has 3 saturated heterocycles. The molecular weight excluding hydrogens is 1220 g/mol. The maximum Gasteiger partial charge on any atom is 0.411 e. The lowest BCUT2D eigenvalue weighted by Gasteiger charge is -2.35. The summed E-state index contributed by atoms with van der Waals surface area (Å²) in [4.78, 5) is 7.65. The van der Waals surface area contributed by atoms with E-state index >= 15 is 0 Å². The van der Waals surface area contributed by atoms with Gasteiger partial charge in [0.05, 0.1) is 47.3 Å². The molecule has 3 saturated carbocycles. The van der Waals surface area contributed by atoms with E-state index in [-0.39, 0.29) is 34.6 Å². The number of ether oxygens (including phenoxy) is 5. The molecule has 0 aromatic rings. The first kappa shape index (κ1) is 105. The Morgan fingerprint density at radius 1 is 0.412 bits per heavy atom. The zero-order valence-electron chi connectivity index (χ0n) is 71.9. The van der Waals surface area contributed by atoms with E-state index in [4.69, 9.17) is 18.9 Å². The lowest BCUT2D eigenvalue weighted by molar-refractivity contribution is -0.181. The van der Waals surface area contributed by atoms with Gasteiger partial charge in [-0.15, -0.1) is 0 Å². The second-order valence-electron chi connectivity index (χ2n) is 34.9. The highest BCUT2D eigenvalue weighted by atomic mass is 19.4. The molecule has 0 bridgehead atoms. The first-order chi connectivity index (χ1) is 44.7. The summed E-state index contributed by atoms with van der Waals surface area (Å²) in [5.74, 6) is 6.76. The number of alkyl halides is 3. The Labute approximate surface area is 608 Å². The average Bonchev–Trinajstić information content (AvgIpc) is 1.33. The number of methoxy groups -OCH3 is 2. The molecule has 6 aliphatic rings. The lowest BCUT2D eigenvalue weighted by atomic mass is 9.77. The summed E-state index contributed by atoms with van der Waals surface area (Å²) in [5.41, 5.74) is -0.366. The topological polar surface area (TPSA) is 76.1 Å². The fourth-order valence-corrected chi connectivity index (χ4v) is 12.7. The molecule has 3 aliphatic heterocycles. The summed E-state index contributed by atoms with van der Waals surface area (Å²) in [5, 5.41) is 9.95. The van der Waals surface area contributed by atoms with Crippen molar-refractivity contribution in [2.45, 2.75) is 440 Å². The van der Waals surface area contributed by atoms with Crippen molar-refractivity contribution in [3.8, 4) is 0 Å². The SMILES string of the molecule is CC(C)C1(O)CCCCC1.CC(C)C1CCCCC1.CC(C)C1CCCCC1.CC(C)CC(C)C.CC(C)N1CCCC1.CC(C)N1CCCCC1.CC(C)N1CCCCC1.CC(C)OCC(F)(F)F.CCC(C)(C)OC(C)C.COC(C)(C)C(C)C.COCC(C)(C)OC(C)C. The second kappa shape index (κ2) is 60.7. The van der Waals surface area contributed by atoms with Gasteiger partial charge in [0.25, 0.3) is 0 Å². The smallest absolute Gasteiger partial charge is 0.390 e. The van der Waals surface area contributed by atoms with Crippen molar-refractivity contribution in [1.29, 1.82) is 0 Å². The number of nitrogens with zero attached hydrogens (tertiary/aromatic N) is 3. The molecule has 0 unspecified atom stereocenters. The molecule has 12 heteroatoms. The van der Waals surface area contributed by atoms with Crippen LogP contribution < -0.4 is 0 Å². The van der Waals surface area contributed by atoms with E-state index in [0.717, 1.165) is 72.9 Å². The minimum Gasteiger partial charge on any atom is -0.390 e. The van der Waals surface area contributed by atoms with E-state index < -0.39 is 12.8 Å². The predicted octanol–water partition coefficient (Wildman–Crippen LogP) is 25.2. The van der Waals surface area contributed by atoms with E-state index in [0.29, 0.717) is 24.5 Å². The quantitative estimate of drug-likeness (QED) is 0.136. The Balaban J connectivity index is -0.000000320. The molecule has 3 heterocycles. The highest BCUT2D eigenvalue weighted by Crippen LogP contribution is 2.34. The van der Waals surface area contributed by atoms with Gasteiger partial charge < -0.3 is 43.5 Å². The maximum absolute atomic E-state index is 11.3. The van der Waals surface area contributed by atoms with E-state index in [2.05, 4.69) is 193 Å². The molecule has 6 rings (SSSR count). The molecule has 1 N–H and O–H groups in total. The molecule has 0 spiro atoms. The van der Waals surface area contributed by atoms with E-state index in [1.807, 2.05) is 27.7 Å². The minimum absolute atomic E-state index is 0.0417. The van der Waals surface area contributed by atoms with Crippen LogP contribution >= 0.6 is 0 Å². The predicted molar refractivity (Wildman–Crippen MR) is 423 cm³/mol. The average molecular weight is 1400 g/mol. The standard InChI is InChI=1S/C9H18O.2C9H18.2C8H17N.C8H18O2.C8H18O.C7H15N.C7H16O.C7H16.C5H9F3O/c1-8(2)9(10)6-4-3-5-7-9;4*1-8(2)9-6-4-3-5-7-9;1-7(2)10-8(3,4)6-9-5;1-6-8(4,5)9-7(2)3;1-7(2)8-5-3-4-6-8;1-6(2)7(3,4)8-5;1-6(2)5-7(3)4;1-4(2)9-3-5(6,7)8/h8,10H,3-7H2,1-2H3;2*8-9H,3-7H2,1-2H3;2*8H,3-7H2,1-2H3;7H,6H2,1-5H3;7H,6H2,1-5H3;7H,3-6H2,1-2H3;6H,1-5H3;6-7H,5H2,1-4H3;4H,3H2,1-2H3. The number of halogens is 3. The largest absolute Gasteiger partial charge is 0.411 e.